The van der Waals surface area contributed by atoms with Crippen LogP contribution in [0.4, 0.5) is 4.39 Å². The number of amides is 1. The van der Waals surface area contributed by atoms with E-state index in [1.54, 1.807) is 12.1 Å². The minimum Gasteiger partial charge on any atom is -0.480 e. The Hall–Kier alpha value is -1.92. The molecule has 1 atom stereocenters. The number of nitrogens with two attached hydrogens (primary N) is 1. The standard InChI is InChI=1S/C14H17FN2O3.ClH/c15-11-5-2-1-4-10(11)7-8-13(18)17-12(14(19)20)6-3-9-16;/h1-2,4-5,7-8,12H,3,6,9,16H2,(H,17,18)(H,19,20);1H/b8-7+;/t12-;/m0./s1. The highest BCUT2D eigenvalue weighted by Gasteiger charge is 2.17. The maximum absolute atomic E-state index is 13.3. The first-order chi connectivity index (χ1) is 9.54. The molecule has 0 bridgehead atoms. The Morgan fingerprint density at radius 2 is 2.05 bits per heavy atom. The molecule has 0 saturated carbocycles. The predicted octanol–water partition coefficient (Wildman–Crippen LogP) is 1.57. The molecule has 0 saturated heterocycles. The molecule has 5 nitrogen and oxygen atoms in total. The highest BCUT2D eigenvalue weighted by molar-refractivity contribution is 5.94. The lowest BCUT2D eigenvalue weighted by Gasteiger charge is -2.12. The van der Waals surface area contributed by atoms with Gasteiger partial charge in [-0.1, -0.05) is 18.2 Å². The zero-order valence-electron chi connectivity index (χ0n) is 11.3. The number of carboxylic acid groups (broad SMARTS) is 1. The third-order valence-electron chi connectivity index (χ3n) is 2.63. The Balaban J connectivity index is 0.00000400. The molecule has 0 heterocycles. The van der Waals surface area contributed by atoms with Gasteiger partial charge in [-0.3, -0.25) is 4.79 Å². The molecule has 21 heavy (non-hydrogen) atoms. The molecule has 0 unspecified atom stereocenters. The SMILES string of the molecule is Cl.NCCC[C@H](NC(=O)/C=C/c1ccccc1F)C(=O)O. The normalized spacial score (nSPS) is 11.7. The van der Waals surface area contributed by atoms with Crippen LogP contribution in [0.15, 0.2) is 30.3 Å². The summed E-state index contributed by atoms with van der Waals surface area (Å²) in [6.07, 6.45) is 3.16. The molecule has 1 rings (SSSR count). The molecular formula is C14H18ClFN2O3. The summed E-state index contributed by atoms with van der Waals surface area (Å²) in [5.74, 6) is -2.15. The molecule has 0 aliphatic rings. The number of halogens is 2. The second-order valence-electron chi connectivity index (χ2n) is 4.19. The van der Waals surface area contributed by atoms with E-state index in [0.717, 1.165) is 6.08 Å². The lowest BCUT2D eigenvalue weighted by molar-refractivity contribution is -0.141. The van der Waals surface area contributed by atoms with Crippen LogP contribution < -0.4 is 11.1 Å². The number of nitrogens with one attached hydrogen (secondary N) is 1. The number of hydrogen-bond donors (Lipinski definition) is 3. The zero-order chi connectivity index (χ0) is 15.0. The third-order valence-corrected chi connectivity index (χ3v) is 2.63. The first-order valence-electron chi connectivity index (χ1n) is 6.20. The van der Waals surface area contributed by atoms with Crippen LogP contribution in [0.5, 0.6) is 0 Å². The summed E-state index contributed by atoms with van der Waals surface area (Å²) in [4.78, 5) is 22.5. The summed E-state index contributed by atoms with van der Waals surface area (Å²) < 4.78 is 13.3. The second kappa shape index (κ2) is 9.90. The van der Waals surface area contributed by atoms with E-state index in [0.29, 0.717) is 13.0 Å². The van der Waals surface area contributed by atoms with Gasteiger partial charge in [0.15, 0.2) is 0 Å². The van der Waals surface area contributed by atoms with E-state index in [-0.39, 0.29) is 24.4 Å². The summed E-state index contributed by atoms with van der Waals surface area (Å²) in [5, 5.41) is 11.3. The lowest BCUT2D eigenvalue weighted by Crippen LogP contribution is -2.40. The van der Waals surface area contributed by atoms with E-state index in [1.807, 2.05) is 0 Å². The van der Waals surface area contributed by atoms with Crippen molar-refractivity contribution >= 4 is 30.4 Å². The van der Waals surface area contributed by atoms with Crippen LogP contribution in [0, 0.1) is 5.82 Å². The molecule has 0 spiro atoms. The fourth-order valence-corrected chi connectivity index (χ4v) is 1.57. The predicted molar refractivity (Wildman–Crippen MR) is 80.5 cm³/mol. The van der Waals surface area contributed by atoms with Gasteiger partial charge in [-0.05, 0) is 31.5 Å². The van der Waals surface area contributed by atoms with Crippen LogP contribution in [-0.2, 0) is 9.59 Å². The molecule has 4 N–H and O–H groups in total. The lowest BCUT2D eigenvalue weighted by atomic mass is 10.1. The van der Waals surface area contributed by atoms with Gasteiger partial charge >= 0.3 is 5.97 Å². The fourth-order valence-electron chi connectivity index (χ4n) is 1.57. The Kier molecular flexibility index (Phi) is 9.00. The molecule has 1 aromatic rings. The minimum absolute atomic E-state index is 0. The molecule has 0 aliphatic heterocycles. The molecule has 0 fully saturated rings. The highest BCUT2D eigenvalue weighted by atomic mass is 35.5. The van der Waals surface area contributed by atoms with E-state index in [1.165, 1.54) is 18.2 Å². The van der Waals surface area contributed by atoms with Crippen LogP contribution in [0.3, 0.4) is 0 Å². The quantitative estimate of drug-likeness (QED) is 0.666. The highest BCUT2D eigenvalue weighted by Crippen LogP contribution is 2.08. The Bertz CT molecular complexity index is 509. The van der Waals surface area contributed by atoms with Crippen molar-refractivity contribution in [2.75, 3.05) is 6.54 Å². The average Bonchev–Trinajstić information content (AvgIpc) is 2.42. The van der Waals surface area contributed by atoms with Gasteiger partial charge in [0.2, 0.25) is 5.91 Å². The summed E-state index contributed by atoms with van der Waals surface area (Å²) in [5.41, 5.74) is 5.56. The molecule has 0 aliphatic carbocycles. The van der Waals surface area contributed by atoms with Crippen molar-refractivity contribution in [1.29, 1.82) is 0 Å². The van der Waals surface area contributed by atoms with Gasteiger partial charge in [0.1, 0.15) is 11.9 Å². The molecule has 7 heteroatoms. The van der Waals surface area contributed by atoms with Crippen molar-refractivity contribution in [2.45, 2.75) is 18.9 Å². The Labute approximate surface area is 128 Å². The van der Waals surface area contributed by atoms with Crippen LogP contribution in [0.2, 0.25) is 0 Å². The van der Waals surface area contributed by atoms with Gasteiger partial charge in [0.25, 0.3) is 0 Å². The van der Waals surface area contributed by atoms with E-state index in [4.69, 9.17) is 10.8 Å². The van der Waals surface area contributed by atoms with E-state index < -0.39 is 23.7 Å². The maximum atomic E-state index is 13.3. The largest absolute Gasteiger partial charge is 0.480 e. The smallest absolute Gasteiger partial charge is 0.326 e. The van der Waals surface area contributed by atoms with E-state index in [9.17, 15) is 14.0 Å². The molecular weight excluding hydrogens is 299 g/mol. The van der Waals surface area contributed by atoms with Crippen LogP contribution in [0.25, 0.3) is 6.08 Å². The van der Waals surface area contributed by atoms with Crippen molar-refractivity contribution in [3.63, 3.8) is 0 Å². The van der Waals surface area contributed by atoms with Crippen LogP contribution in [-0.4, -0.2) is 29.6 Å². The van der Waals surface area contributed by atoms with Gasteiger partial charge in [-0.2, -0.15) is 0 Å². The Morgan fingerprint density at radius 1 is 1.38 bits per heavy atom. The number of benzene rings is 1. The number of rotatable bonds is 7. The van der Waals surface area contributed by atoms with Gasteiger partial charge < -0.3 is 16.2 Å². The monoisotopic (exact) mass is 316 g/mol. The van der Waals surface area contributed by atoms with Gasteiger partial charge in [0, 0.05) is 11.6 Å². The van der Waals surface area contributed by atoms with E-state index >= 15 is 0 Å². The second-order valence-corrected chi connectivity index (χ2v) is 4.19. The number of carbonyl (C=O) groups excluding carboxylic acids is 1. The van der Waals surface area contributed by atoms with Crippen molar-refractivity contribution in [3.05, 3.63) is 41.7 Å². The average molecular weight is 317 g/mol. The molecule has 0 aromatic heterocycles. The summed E-state index contributed by atoms with van der Waals surface area (Å²) in [6.45, 7) is 0.352. The van der Waals surface area contributed by atoms with Crippen molar-refractivity contribution in [1.82, 2.24) is 5.32 Å². The number of hydrogen-bond acceptors (Lipinski definition) is 3. The maximum Gasteiger partial charge on any atom is 0.326 e. The first kappa shape index (κ1) is 19.1. The number of carboxylic acids is 1. The molecule has 1 aromatic carbocycles. The van der Waals surface area contributed by atoms with Gasteiger partial charge in [0.05, 0.1) is 0 Å². The Morgan fingerprint density at radius 3 is 2.62 bits per heavy atom. The van der Waals surface area contributed by atoms with Crippen molar-refractivity contribution in [3.8, 4) is 0 Å². The van der Waals surface area contributed by atoms with Gasteiger partial charge in [-0.15, -0.1) is 12.4 Å². The molecule has 1 amide bonds. The van der Waals surface area contributed by atoms with Crippen molar-refractivity contribution < 1.29 is 19.1 Å². The van der Waals surface area contributed by atoms with Crippen LogP contribution >= 0.6 is 12.4 Å². The topological polar surface area (TPSA) is 92.4 Å². The number of aliphatic carboxylic acids is 1. The first-order valence-corrected chi connectivity index (χ1v) is 6.20. The van der Waals surface area contributed by atoms with Gasteiger partial charge in [-0.25, -0.2) is 9.18 Å². The third kappa shape index (κ3) is 6.87. The number of carbonyl (C=O) groups is 2. The summed E-state index contributed by atoms with van der Waals surface area (Å²) >= 11 is 0. The zero-order valence-corrected chi connectivity index (χ0v) is 12.1. The summed E-state index contributed by atoms with van der Waals surface area (Å²) in [6, 6.07) is 4.99. The van der Waals surface area contributed by atoms with E-state index in [2.05, 4.69) is 5.32 Å². The molecule has 116 valence electrons. The molecule has 0 radical (unpaired) electrons. The minimum atomic E-state index is -1.12. The summed E-state index contributed by atoms with van der Waals surface area (Å²) in [7, 11) is 0. The van der Waals surface area contributed by atoms with Crippen molar-refractivity contribution in [2.24, 2.45) is 5.73 Å². The van der Waals surface area contributed by atoms with Crippen LogP contribution in [0.1, 0.15) is 18.4 Å². The fraction of sp³-hybridized carbons (Fsp3) is 0.286.